The molecule has 0 bridgehead atoms. The van der Waals surface area contributed by atoms with Gasteiger partial charge in [0, 0.05) is 31.9 Å². The molecule has 110 valence electrons. The maximum atomic E-state index is 5.37. The van der Waals surface area contributed by atoms with Crippen LogP contribution in [0.15, 0.2) is 54.6 Å². The monoisotopic (exact) mass is 282 g/mol. The van der Waals surface area contributed by atoms with E-state index in [0.29, 0.717) is 12.1 Å². The van der Waals surface area contributed by atoms with Crippen molar-refractivity contribution in [2.45, 2.75) is 18.6 Å². The van der Waals surface area contributed by atoms with Crippen LogP contribution in [-0.2, 0) is 4.74 Å². The number of hydrogen-bond acceptors (Lipinski definition) is 3. The normalized spacial score (nSPS) is 21.4. The first-order chi connectivity index (χ1) is 10.3. The molecule has 2 unspecified atom stereocenters. The second-order valence-corrected chi connectivity index (χ2v) is 5.52. The van der Waals surface area contributed by atoms with Gasteiger partial charge in [0.15, 0.2) is 0 Å². The third-order valence-corrected chi connectivity index (χ3v) is 4.06. The summed E-state index contributed by atoms with van der Waals surface area (Å²) in [4.78, 5) is 0. The average molecular weight is 282 g/mol. The summed E-state index contributed by atoms with van der Waals surface area (Å²) in [6.45, 7) is 1.89. The number of hydrogen-bond donors (Lipinski definition) is 2. The predicted octanol–water partition coefficient (Wildman–Crippen LogP) is 3.14. The van der Waals surface area contributed by atoms with Gasteiger partial charge in [0.1, 0.15) is 0 Å². The van der Waals surface area contributed by atoms with Crippen molar-refractivity contribution in [3.63, 3.8) is 0 Å². The molecule has 1 fully saturated rings. The first-order valence-corrected chi connectivity index (χ1v) is 7.50. The summed E-state index contributed by atoms with van der Waals surface area (Å²) in [5, 5.41) is 6.97. The molecular formula is C18H22N2O. The van der Waals surface area contributed by atoms with E-state index in [-0.39, 0.29) is 0 Å². The Bertz CT molecular complexity index is 553. The fourth-order valence-electron chi connectivity index (χ4n) is 2.77. The molecular weight excluding hydrogens is 260 g/mol. The largest absolute Gasteiger partial charge is 0.383 e. The molecule has 1 aliphatic rings. The Hall–Kier alpha value is -1.84. The van der Waals surface area contributed by atoms with E-state index >= 15 is 0 Å². The highest BCUT2D eigenvalue weighted by Crippen LogP contribution is 2.21. The van der Waals surface area contributed by atoms with E-state index < -0.39 is 0 Å². The van der Waals surface area contributed by atoms with Gasteiger partial charge in [0.2, 0.25) is 0 Å². The van der Waals surface area contributed by atoms with Crippen molar-refractivity contribution in [2.24, 2.45) is 0 Å². The number of ether oxygens (including phenoxy) is 1. The van der Waals surface area contributed by atoms with Crippen molar-refractivity contribution in [3.05, 3.63) is 54.6 Å². The Morgan fingerprint density at radius 1 is 1.05 bits per heavy atom. The van der Waals surface area contributed by atoms with Crippen LogP contribution in [0.2, 0.25) is 0 Å². The van der Waals surface area contributed by atoms with E-state index in [4.69, 9.17) is 4.74 Å². The van der Waals surface area contributed by atoms with Crippen molar-refractivity contribution in [1.29, 1.82) is 0 Å². The van der Waals surface area contributed by atoms with Crippen molar-refractivity contribution >= 4 is 5.69 Å². The number of rotatable bonds is 5. The molecule has 3 nitrogen and oxygen atoms in total. The summed E-state index contributed by atoms with van der Waals surface area (Å²) >= 11 is 0. The highest BCUT2D eigenvalue weighted by molar-refractivity contribution is 5.65. The van der Waals surface area contributed by atoms with Crippen LogP contribution in [-0.4, -0.2) is 32.3 Å². The van der Waals surface area contributed by atoms with Gasteiger partial charge in [-0.15, -0.1) is 0 Å². The molecule has 0 amide bonds. The van der Waals surface area contributed by atoms with Crippen LogP contribution in [0.5, 0.6) is 0 Å². The molecule has 0 aromatic heterocycles. The molecule has 0 aliphatic carbocycles. The van der Waals surface area contributed by atoms with Gasteiger partial charge in [-0.25, -0.2) is 0 Å². The van der Waals surface area contributed by atoms with Crippen molar-refractivity contribution in [2.75, 3.05) is 25.5 Å². The first-order valence-electron chi connectivity index (χ1n) is 7.50. The lowest BCUT2D eigenvalue weighted by molar-refractivity contribution is 0.117. The zero-order valence-corrected chi connectivity index (χ0v) is 12.4. The number of methoxy groups -OCH3 is 1. The van der Waals surface area contributed by atoms with Crippen molar-refractivity contribution in [1.82, 2.24) is 5.32 Å². The van der Waals surface area contributed by atoms with Gasteiger partial charge < -0.3 is 15.4 Å². The summed E-state index contributed by atoms with van der Waals surface area (Å²) in [5.74, 6) is 0. The minimum absolute atomic E-state index is 0.359. The summed E-state index contributed by atoms with van der Waals surface area (Å²) in [6.07, 6.45) is 1.43. The van der Waals surface area contributed by atoms with Crippen molar-refractivity contribution < 1.29 is 4.74 Å². The standard InChI is InChI=1S/C18H22N2O/c1-21-18-11-17(20-13-18)12-19-16-9-7-15(8-10-16)14-5-3-2-4-6-14/h2-10,17-20H,11-13H2,1H3. The fraction of sp³-hybridized carbons (Fsp3) is 0.333. The third kappa shape index (κ3) is 3.63. The first kappa shape index (κ1) is 14.1. The summed E-state index contributed by atoms with van der Waals surface area (Å²) in [7, 11) is 1.78. The van der Waals surface area contributed by atoms with Crippen LogP contribution in [0.1, 0.15) is 6.42 Å². The fourth-order valence-corrected chi connectivity index (χ4v) is 2.77. The Morgan fingerprint density at radius 2 is 1.76 bits per heavy atom. The van der Waals surface area contributed by atoms with Gasteiger partial charge in [-0.2, -0.15) is 0 Å². The van der Waals surface area contributed by atoms with Gasteiger partial charge in [-0.3, -0.25) is 0 Å². The molecule has 1 aliphatic heterocycles. The summed E-state index contributed by atoms with van der Waals surface area (Å²) in [6, 6.07) is 19.6. The number of benzene rings is 2. The lowest BCUT2D eigenvalue weighted by Crippen LogP contribution is -2.29. The molecule has 0 saturated carbocycles. The minimum atomic E-state index is 0.359. The molecule has 21 heavy (non-hydrogen) atoms. The summed E-state index contributed by atoms with van der Waals surface area (Å²) < 4.78 is 5.37. The van der Waals surface area contributed by atoms with Crippen LogP contribution < -0.4 is 10.6 Å². The molecule has 2 N–H and O–H groups in total. The second-order valence-electron chi connectivity index (χ2n) is 5.52. The molecule has 1 saturated heterocycles. The Balaban J connectivity index is 1.55. The lowest BCUT2D eigenvalue weighted by Gasteiger charge is -2.13. The van der Waals surface area contributed by atoms with Gasteiger partial charge in [0.05, 0.1) is 6.10 Å². The van der Waals surface area contributed by atoms with Crippen LogP contribution >= 0.6 is 0 Å². The lowest BCUT2D eigenvalue weighted by atomic mass is 10.1. The maximum absolute atomic E-state index is 5.37. The zero-order valence-electron chi connectivity index (χ0n) is 12.4. The molecule has 2 aromatic carbocycles. The topological polar surface area (TPSA) is 33.3 Å². The minimum Gasteiger partial charge on any atom is -0.383 e. The van der Waals surface area contributed by atoms with Crippen LogP contribution in [0.3, 0.4) is 0 Å². The highest BCUT2D eigenvalue weighted by Gasteiger charge is 2.23. The number of anilines is 1. The predicted molar refractivity (Wildman–Crippen MR) is 87.6 cm³/mol. The van der Waals surface area contributed by atoms with Gasteiger partial charge in [-0.05, 0) is 29.7 Å². The zero-order chi connectivity index (χ0) is 14.5. The van der Waals surface area contributed by atoms with E-state index in [1.165, 1.54) is 11.1 Å². The van der Waals surface area contributed by atoms with E-state index in [9.17, 15) is 0 Å². The molecule has 3 heteroatoms. The molecule has 0 radical (unpaired) electrons. The van der Waals surface area contributed by atoms with Gasteiger partial charge >= 0.3 is 0 Å². The van der Waals surface area contributed by atoms with E-state index in [1.807, 2.05) is 6.07 Å². The van der Waals surface area contributed by atoms with Gasteiger partial charge in [-0.1, -0.05) is 42.5 Å². The Labute approximate surface area is 126 Å². The second kappa shape index (κ2) is 6.74. The third-order valence-electron chi connectivity index (χ3n) is 4.06. The molecule has 0 spiro atoms. The SMILES string of the molecule is COC1CNC(CNc2ccc(-c3ccccc3)cc2)C1. The molecule has 1 heterocycles. The smallest absolute Gasteiger partial charge is 0.0711 e. The Kier molecular flexibility index (Phi) is 4.53. The highest BCUT2D eigenvalue weighted by atomic mass is 16.5. The molecule has 2 atom stereocenters. The van der Waals surface area contributed by atoms with Crippen LogP contribution in [0, 0.1) is 0 Å². The number of nitrogens with one attached hydrogen (secondary N) is 2. The van der Waals surface area contributed by atoms with E-state index in [2.05, 4.69) is 59.2 Å². The van der Waals surface area contributed by atoms with Gasteiger partial charge in [0.25, 0.3) is 0 Å². The van der Waals surface area contributed by atoms with Crippen LogP contribution in [0.25, 0.3) is 11.1 Å². The van der Waals surface area contributed by atoms with Crippen molar-refractivity contribution in [3.8, 4) is 11.1 Å². The maximum Gasteiger partial charge on any atom is 0.0711 e. The summed E-state index contributed by atoms with van der Waals surface area (Å²) in [5.41, 5.74) is 3.67. The average Bonchev–Trinajstić information content (AvgIpc) is 3.02. The molecule has 2 aromatic rings. The van der Waals surface area contributed by atoms with E-state index in [1.54, 1.807) is 7.11 Å². The van der Waals surface area contributed by atoms with E-state index in [0.717, 1.165) is 25.2 Å². The van der Waals surface area contributed by atoms with Crippen LogP contribution in [0.4, 0.5) is 5.69 Å². The quantitative estimate of drug-likeness (QED) is 0.884. The molecule has 3 rings (SSSR count). The Morgan fingerprint density at radius 3 is 2.43 bits per heavy atom.